The molecule has 2 atom stereocenters. The molecule has 0 aliphatic rings. The Morgan fingerprint density at radius 3 is 1.73 bits per heavy atom. The Kier molecular flexibility index (Phi) is 36.5. The number of phosphoric ester groups is 1. The number of phosphoric acid groups is 1. The average Bonchev–Trinajstić information content (AvgIpc) is 3.18. The molecule has 0 heterocycles. The van der Waals surface area contributed by atoms with Crippen molar-refractivity contribution in [1.29, 1.82) is 0 Å². The fraction of sp³-hybridized carbons (Fsp3) is 0.604. The molecule has 1 unspecified atom stereocenters. The van der Waals surface area contributed by atoms with E-state index in [-0.39, 0.29) is 44.7 Å². The van der Waals surface area contributed by atoms with Crippen LogP contribution in [0.3, 0.4) is 0 Å². The first-order valence-corrected chi connectivity index (χ1v) is 23.4. The van der Waals surface area contributed by atoms with E-state index < -0.39 is 32.5 Å². The molecule has 334 valence electrons. The van der Waals surface area contributed by atoms with E-state index in [9.17, 15) is 23.8 Å². The third-order valence-electron chi connectivity index (χ3n) is 8.56. The summed E-state index contributed by atoms with van der Waals surface area (Å²) in [4.78, 5) is 49.8. The molecule has 0 radical (unpaired) electrons. The minimum atomic E-state index is -4.69. The zero-order chi connectivity index (χ0) is 43.7. The van der Waals surface area contributed by atoms with Gasteiger partial charge in [-0.2, -0.15) is 0 Å². The summed E-state index contributed by atoms with van der Waals surface area (Å²) in [6.07, 6.45) is 47.3. The lowest BCUT2D eigenvalue weighted by atomic mass is 10.1. The van der Waals surface area contributed by atoms with Crippen molar-refractivity contribution in [3.63, 3.8) is 0 Å². The van der Waals surface area contributed by atoms with Gasteiger partial charge in [-0.1, -0.05) is 131 Å². The predicted octanol–water partition coefficient (Wildman–Crippen LogP) is 11.1. The van der Waals surface area contributed by atoms with Gasteiger partial charge in [0.2, 0.25) is 0 Å². The minimum Gasteiger partial charge on any atom is -0.756 e. The van der Waals surface area contributed by atoms with Gasteiger partial charge in [-0.25, -0.2) is 0 Å². The SMILES string of the molecule is CC/C=C\C/C=C\C/C=C\C/C=C\CCCCCCC(=O)O[C@H](COC(=O)CCCC(=O)/C=C/C=C\C/C=C\C/C=C\CCCCC)COP(=O)([O-])OCC[N+](C)(C)C. The number of rotatable bonds is 38. The van der Waals surface area contributed by atoms with Crippen molar-refractivity contribution in [1.82, 2.24) is 0 Å². The van der Waals surface area contributed by atoms with Crippen LogP contribution < -0.4 is 4.89 Å². The quantitative estimate of drug-likeness (QED) is 0.0113. The van der Waals surface area contributed by atoms with Crippen molar-refractivity contribution >= 4 is 25.5 Å². The van der Waals surface area contributed by atoms with Gasteiger partial charge in [0.05, 0.1) is 27.7 Å². The molecule has 0 saturated heterocycles. The molecule has 0 aliphatic heterocycles. The van der Waals surface area contributed by atoms with Gasteiger partial charge < -0.3 is 27.9 Å². The van der Waals surface area contributed by atoms with Crippen molar-refractivity contribution < 1.29 is 46.8 Å². The molecule has 0 N–H and O–H groups in total. The van der Waals surface area contributed by atoms with Crippen LogP contribution in [0, 0.1) is 0 Å². The Hall–Kier alpha value is -3.40. The third-order valence-corrected chi connectivity index (χ3v) is 9.53. The van der Waals surface area contributed by atoms with Crippen LogP contribution in [0.2, 0.25) is 0 Å². The normalized spacial score (nSPS) is 14.4. The smallest absolute Gasteiger partial charge is 0.306 e. The zero-order valence-corrected chi connectivity index (χ0v) is 38.0. The fourth-order valence-electron chi connectivity index (χ4n) is 5.13. The monoisotopic (exact) mass is 844 g/mol. The first-order chi connectivity index (χ1) is 28.4. The molecule has 10 nitrogen and oxygen atoms in total. The molecule has 0 saturated carbocycles. The Morgan fingerprint density at radius 1 is 0.593 bits per heavy atom. The van der Waals surface area contributed by atoms with E-state index >= 15 is 0 Å². The van der Waals surface area contributed by atoms with E-state index in [0.717, 1.165) is 70.6 Å². The molecule has 0 spiro atoms. The standard InChI is InChI=1S/C48H78NO9P/c1-6-8-10-12-14-16-18-20-21-22-23-25-27-29-31-33-35-39-48(52)58-46(44-57-59(53,54)56-42-41-49(3,4)5)43-55-47(51)40-36-38-45(50)37-34-32-30-28-26-24-19-17-15-13-11-9-7-2/h8,10,14-17,20-21,23-26,30,32,34,37,46H,6-7,9,11-13,18-19,22,27-29,31,33,35-36,38-44H2,1-5H3/b10-8-,16-14-,17-15-,21-20-,25-23-,26-24-,32-30-,37-34+/t46-/m1/s1. The largest absolute Gasteiger partial charge is 0.756 e. The molecule has 0 fully saturated rings. The maximum absolute atomic E-state index is 12.7. The summed E-state index contributed by atoms with van der Waals surface area (Å²) in [6, 6.07) is 0. The van der Waals surface area contributed by atoms with Crippen LogP contribution >= 0.6 is 7.82 Å². The number of ether oxygens (including phenoxy) is 2. The summed E-state index contributed by atoms with van der Waals surface area (Å²) in [5.41, 5.74) is 0. The Balaban J connectivity index is 4.63. The van der Waals surface area contributed by atoms with Gasteiger partial charge in [-0.05, 0) is 83.1 Å². The van der Waals surface area contributed by atoms with Crippen molar-refractivity contribution in [3.8, 4) is 0 Å². The number of carbonyl (C=O) groups is 3. The third kappa shape index (κ3) is 42.5. The van der Waals surface area contributed by atoms with Gasteiger partial charge in [0.15, 0.2) is 11.9 Å². The summed E-state index contributed by atoms with van der Waals surface area (Å²) < 4.78 is 33.6. The van der Waals surface area contributed by atoms with E-state index in [1.165, 1.54) is 25.3 Å². The van der Waals surface area contributed by atoms with Crippen molar-refractivity contribution in [3.05, 3.63) is 97.2 Å². The molecule has 11 heteroatoms. The molecule has 59 heavy (non-hydrogen) atoms. The Bertz CT molecular complexity index is 1380. The summed E-state index contributed by atoms with van der Waals surface area (Å²) in [5, 5.41) is 0. The van der Waals surface area contributed by atoms with Crippen LogP contribution in [0.4, 0.5) is 0 Å². The van der Waals surface area contributed by atoms with E-state index in [2.05, 4.69) is 86.8 Å². The van der Waals surface area contributed by atoms with Crippen LogP contribution in [0.1, 0.15) is 136 Å². The van der Waals surface area contributed by atoms with E-state index in [4.69, 9.17) is 18.5 Å². The first-order valence-electron chi connectivity index (χ1n) is 21.9. The molecule has 0 aliphatic carbocycles. The second-order valence-electron chi connectivity index (χ2n) is 15.4. The number of unbranched alkanes of at least 4 members (excludes halogenated alkanes) is 7. The lowest BCUT2D eigenvalue weighted by molar-refractivity contribution is -0.870. The van der Waals surface area contributed by atoms with Crippen LogP contribution in [-0.4, -0.2) is 75.8 Å². The summed E-state index contributed by atoms with van der Waals surface area (Å²) >= 11 is 0. The second-order valence-corrected chi connectivity index (χ2v) is 16.8. The van der Waals surface area contributed by atoms with Gasteiger partial charge in [-0.3, -0.25) is 18.9 Å². The van der Waals surface area contributed by atoms with Crippen molar-refractivity contribution in [2.75, 3.05) is 47.5 Å². The van der Waals surface area contributed by atoms with Gasteiger partial charge in [0.25, 0.3) is 7.82 Å². The van der Waals surface area contributed by atoms with Gasteiger partial charge >= 0.3 is 11.9 Å². The number of hydrogen-bond acceptors (Lipinski definition) is 9. The van der Waals surface area contributed by atoms with Crippen LogP contribution in [-0.2, 0) is 37.5 Å². The maximum Gasteiger partial charge on any atom is 0.306 e. The number of hydrogen-bond donors (Lipinski definition) is 0. The zero-order valence-electron chi connectivity index (χ0n) is 37.1. The Morgan fingerprint density at radius 2 is 1.14 bits per heavy atom. The number of carbonyl (C=O) groups excluding carboxylic acids is 3. The summed E-state index contributed by atoms with van der Waals surface area (Å²) in [7, 11) is 1.00. The number of ketones is 1. The average molecular weight is 844 g/mol. The number of quaternary nitrogens is 1. The van der Waals surface area contributed by atoms with Gasteiger partial charge in [0.1, 0.15) is 19.8 Å². The first kappa shape index (κ1) is 55.6. The summed E-state index contributed by atoms with van der Waals surface area (Å²) in [5.74, 6) is -1.24. The van der Waals surface area contributed by atoms with Crippen LogP contribution in [0.5, 0.6) is 0 Å². The topological polar surface area (TPSA) is 128 Å². The van der Waals surface area contributed by atoms with Crippen molar-refractivity contribution in [2.45, 2.75) is 142 Å². The Labute approximate surface area is 358 Å². The predicted molar refractivity (Wildman–Crippen MR) is 240 cm³/mol. The summed E-state index contributed by atoms with van der Waals surface area (Å²) in [6.45, 7) is 3.74. The molecule has 0 aromatic carbocycles. The van der Waals surface area contributed by atoms with Crippen molar-refractivity contribution in [2.24, 2.45) is 0 Å². The highest BCUT2D eigenvalue weighted by Gasteiger charge is 2.21. The molecule has 0 amide bonds. The number of allylic oxidation sites excluding steroid dienone is 16. The van der Waals surface area contributed by atoms with E-state index in [0.29, 0.717) is 17.4 Å². The number of nitrogens with zero attached hydrogens (tertiary/aromatic N) is 1. The van der Waals surface area contributed by atoms with E-state index in [1.54, 1.807) is 6.08 Å². The maximum atomic E-state index is 12.7. The molecular weight excluding hydrogens is 766 g/mol. The molecular formula is C48H78NO9P. The molecule has 0 aromatic heterocycles. The molecule has 0 rings (SSSR count). The fourth-order valence-corrected chi connectivity index (χ4v) is 5.85. The number of likely N-dealkylation sites (N-methyl/N-ethyl adjacent to an activating group) is 1. The number of esters is 2. The highest BCUT2D eigenvalue weighted by molar-refractivity contribution is 7.45. The van der Waals surface area contributed by atoms with Crippen LogP contribution in [0.25, 0.3) is 0 Å². The lowest BCUT2D eigenvalue weighted by Gasteiger charge is -2.28. The van der Waals surface area contributed by atoms with Crippen LogP contribution in [0.15, 0.2) is 97.2 Å². The minimum absolute atomic E-state index is 0.0239. The lowest BCUT2D eigenvalue weighted by Crippen LogP contribution is -2.37. The second kappa shape index (κ2) is 38.8. The molecule has 0 aromatic rings. The molecule has 0 bridgehead atoms. The van der Waals surface area contributed by atoms with Gasteiger partial charge in [-0.15, -0.1) is 0 Å². The van der Waals surface area contributed by atoms with E-state index in [1.807, 2.05) is 33.3 Å². The van der Waals surface area contributed by atoms with Gasteiger partial charge in [0, 0.05) is 19.3 Å². The highest BCUT2D eigenvalue weighted by atomic mass is 31.2. The highest BCUT2D eigenvalue weighted by Crippen LogP contribution is 2.38.